The number of hydrogen-bond acceptors (Lipinski definition) is 2. The van der Waals surface area contributed by atoms with Crippen LogP contribution in [0.3, 0.4) is 0 Å². The van der Waals surface area contributed by atoms with Crippen LogP contribution in [0.25, 0.3) is 16.8 Å². The summed E-state index contributed by atoms with van der Waals surface area (Å²) in [6.07, 6.45) is 3.44. The SMILES string of the molecule is CC1=C2CCc3ccccc3C2(C)N(C)/C1=C(/c1c(C)cc(O)cc1C)c1c(C)c2c(n1[B-](F)F)-c1ccccc1CC2. The minimum absolute atomic E-state index is 0.182. The van der Waals surface area contributed by atoms with E-state index in [0.29, 0.717) is 11.4 Å². The second-order valence-corrected chi connectivity index (χ2v) is 12.7. The fourth-order valence-electron chi connectivity index (χ4n) is 8.56. The van der Waals surface area contributed by atoms with Gasteiger partial charge in [-0.15, -0.1) is 0 Å². The third-order valence-corrected chi connectivity index (χ3v) is 10.5. The maximum absolute atomic E-state index is 15.6. The number of phenolic OH excluding ortho intramolecular Hbond substituents is 1. The number of fused-ring (bicyclic) bond motifs is 6. The highest BCUT2D eigenvalue weighted by Gasteiger charge is 2.48. The van der Waals surface area contributed by atoms with Crippen molar-refractivity contribution in [1.82, 2.24) is 9.38 Å². The molecule has 1 radical (unpaired) electrons. The highest BCUT2D eigenvalue weighted by atomic mass is 19.2. The van der Waals surface area contributed by atoms with Crippen molar-refractivity contribution < 1.29 is 13.7 Å². The van der Waals surface area contributed by atoms with Gasteiger partial charge in [0.1, 0.15) is 5.75 Å². The van der Waals surface area contributed by atoms with Gasteiger partial charge in [-0.25, -0.2) is 0 Å². The normalized spacial score (nSPS) is 20.3. The molecule has 3 aromatic carbocycles. The zero-order valence-electron chi connectivity index (χ0n) is 25.8. The summed E-state index contributed by atoms with van der Waals surface area (Å²) in [7, 11) is -0.602. The molecule has 0 spiro atoms. The number of likely N-dealkylation sites (N-methyl/N-ethyl adjacent to an activating group) is 1. The summed E-state index contributed by atoms with van der Waals surface area (Å²) in [5, 5.41) is 10.5. The van der Waals surface area contributed by atoms with Crippen molar-refractivity contribution in [2.45, 2.75) is 65.8 Å². The lowest BCUT2D eigenvalue weighted by Gasteiger charge is -2.42. The van der Waals surface area contributed by atoms with Gasteiger partial charge in [0, 0.05) is 24.0 Å². The summed E-state index contributed by atoms with van der Waals surface area (Å²) in [6, 6.07) is 20.1. The summed E-state index contributed by atoms with van der Waals surface area (Å²) < 4.78 is 32.5. The Morgan fingerprint density at radius 1 is 0.860 bits per heavy atom. The van der Waals surface area contributed by atoms with E-state index in [4.69, 9.17) is 0 Å². The van der Waals surface area contributed by atoms with Gasteiger partial charge in [0.25, 0.3) is 0 Å². The number of nitrogens with zero attached hydrogens (tertiary/aromatic N) is 2. The first kappa shape index (κ1) is 27.8. The predicted molar refractivity (Wildman–Crippen MR) is 172 cm³/mol. The van der Waals surface area contributed by atoms with Gasteiger partial charge in [0.15, 0.2) is 0 Å². The van der Waals surface area contributed by atoms with Crippen LogP contribution in [-0.2, 0) is 24.8 Å². The molecule has 2 heterocycles. The number of halogens is 2. The van der Waals surface area contributed by atoms with E-state index in [-0.39, 0.29) is 11.3 Å². The number of rotatable bonds is 3. The van der Waals surface area contributed by atoms with E-state index in [1.807, 2.05) is 39.0 Å². The highest BCUT2D eigenvalue weighted by molar-refractivity contribution is 6.42. The average molecular weight is 575 g/mol. The molecule has 1 atom stereocenters. The maximum atomic E-state index is 15.6. The zero-order valence-corrected chi connectivity index (χ0v) is 25.8. The maximum Gasteiger partial charge on any atom is 0.341 e. The molecule has 219 valence electrons. The predicted octanol–water partition coefficient (Wildman–Crippen LogP) is 8.54. The molecule has 0 bridgehead atoms. The number of aromatic hydroxyl groups is 1. The smallest absolute Gasteiger partial charge is 0.341 e. The molecule has 1 aliphatic heterocycles. The summed E-state index contributed by atoms with van der Waals surface area (Å²) in [6.45, 7) is 10.4. The summed E-state index contributed by atoms with van der Waals surface area (Å²) >= 11 is 0. The number of phenols is 1. The van der Waals surface area contributed by atoms with Crippen molar-refractivity contribution in [3.8, 4) is 17.0 Å². The minimum Gasteiger partial charge on any atom is -0.508 e. The minimum atomic E-state index is -2.73. The molecule has 1 unspecified atom stereocenters. The van der Waals surface area contributed by atoms with Gasteiger partial charge >= 0.3 is 7.40 Å². The fraction of sp³-hybridized carbons (Fsp3) is 0.297. The molecule has 0 saturated carbocycles. The van der Waals surface area contributed by atoms with E-state index in [1.165, 1.54) is 21.2 Å². The van der Waals surface area contributed by atoms with Gasteiger partial charge in [-0.1, -0.05) is 48.5 Å². The number of benzene rings is 3. The standard InChI is InChI=1S/C37H37BF2N2O/c1-21-19-27(43)20-22(2)32(21)33(34-24(4)30-18-16-26-12-8-10-14-31(26)37(30,5)41(34)6)35-23(3)28-17-15-25-11-7-9-13-29(25)36(28)42(35)38(39)40/h7-14,19-20,43H,15-18H2,1-6H3/q-1/b34-33-. The summed E-state index contributed by atoms with van der Waals surface area (Å²) in [4.78, 5) is 2.34. The Labute approximate surface area is 253 Å². The first-order valence-electron chi connectivity index (χ1n) is 15.2. The first-order valence-corrected chi connectivity index (χ1v) is 15.2. The van der Waals surface area contributed by atoms with Crippen molar-refractivity contribution >= 4 is 13.0 Å². The molecular weight excluding hydrogens is 537 g/mol. The Kier molecular flexibility index (Phi) is 6.28. The van der Waals surface area contributed by atoms with Gasteiger partial charge in [0.2, 0.25) is 0 Å². The lowest BCUT2D eigenvalue weighted by Crippen LogP contribution is -2.41. The van der Waals surface area contributed by atoms with E-state index < -0.39 is 7.40 Å². The Morgan fingerprint density at radius 2 is 1.49 bits per heavy atom. The number of aromatic nitrogens is 1. The molecule has 43 heavy (non-hydrogen) atoms. The van der Waals surface area contributed by atoms with Crippen LogP contribution in [-0.4, -0.2) is 28.9 Å². The second kappa shape index (κ2) is 9.73. The Balaban J connectivity index is 1.63. The van der Waals surface area contributed by atoms with Crippen molar-refractivity contribution in [2.24, 2.45) is 0 Å². The molecule has 6 heteroatoms. The number of aryl methyl sites for hydroxylation is 4. The largest absolute Gasteiger partial charge is 0.508 e. The monoisotopic (exact) mass is 574 g/mol. The van der Waals surface area contributed by atoms with Crippen LogP contribution in [0, 0.1) is 20.8 Å². The molecular formula is C37H37BF2N2O-. The Morgan fingerprint density at radius 3 is 2.19 bits per heavy atom. The van der Waals surface area contributed by atoms with E-state index >= 15 is 8.63 Å². The van der Waals surface area contributed by atoms with Gasteiger partial charge < -0.3 is 23.1 Å². The first-order chi connectivity index (χ1) is 20.6. The van der Waals surface area contributed by atoms with Gasteiger partial charge in [-0.2, -0.15) is 0 Å². The third-order valence-electron chi connectivity index (χ3n) is 10.5. The Bertz CT molecular complexity index is 1880. The second-order valence-electron chi connectivity index (χ2n) is 12.7. The molecule has 1 N–H and O–H groups in total. The number of allylic oxidation sites excluding steroid dienone is 1. The molecule has 1 aromatic heterocycles. The highest BCUT2D eigenvalue weighted by Crippen LogP contribution is 2.55. The van der Waals surface area contributed by atoms with Gasteiger partial charge in [-0.3, -0.25) is 0 Å². The van der Waals surface area contributed by atoms with Crippen LogP contribution in [0.1, 0.15) is 70.5 Å². The average Bonchev–Trinajstić information content (AvgIpc) is 3.38. The van der Waals surface area contributed by atoms with Crippen molar-refractivity contribution in [3.63, 3.8) is 0 Å². The topological polar surface area (TPSA) is 28.4 Å². The van der Waals surface area contributed by atoms with Crippen molar-refractivity contribution in [2.75, 3.05) is 7.05 Å². The summed E-state index contributed by atoms with van der Waals surface area (Å²) in [5.74, 6) is 0.182. The van der Waals surface area contributed by atoms with Gasteiger partial charge in [0.05, 0.1) is 11.2 Å². The Hall–Kier alpha value is -4.06. The van der Waals surface area contributed by atoms with Crippen molar-refractivity contribution in [3.05, 3.63) is 128 Å². The lowest BCUT2D eigenvalue weighted by atomic mass is 9.74. The fourth-order valence-corrected chi connectivity index (χ4v) is 8.56. The van der Waals surface area contributed by atoms with Crippen LogP contribution in [0.15, 0.2) is 77.5 Å². The zero-order chi connectivity index (χ0) is 30.4. The van der Waals surface area contributed by atoms with Crippen LogP contribution in [0.5, 0.6) is 5.75 Å². The van der Waals surface area contributed by atoms with Crippen LogP contribution < -0.4 is 0 Å². The summed E-state index contributed by atoms with van der Waals surface area (Å²) in [5.41, 5.74) is 14.3. The quantitative estimate of drug-likeness (QED) is 0.249. The van der Waals surface area contributed by atoms with E-state index in [1.54, 1.807) is 12.1 Å². The molecule has 7 rings (SSSR count). The molecule has 0 amide bonds. The van der Waals surface area contributed by atoms with E-state index in [0.717, 1.165) is 81.5 Å². The van der Waals surface area contributed by atoms with Crippen LogP contribution >= 0.6 is 0 Å². The molecule has 3 aliphatic rings. The van der Waals surface area contributed by atoms with E-state index in [2.05, 4.69) is 56.1 Å². The molecule has 0 saturated heterocycles. The molecule has 2 aliphatic carbocycles. The van der Waals surface area contributed by atoms with Crippen molar-refractivity contribution in [1.29, 1.82) is 0 Å². The molecule has 0 fully saturated rings. The number of hydrogen-bond donors (Lipinski definition) is 1. The molecule has 3 nitrogen and oxygen atoms in total. The molecule has 4 aromatic rings. The van der Waals surface area contributed by atoms with E-state index in [9.17, 15) is 5.11 Å². The van der Waals surface area contributed by atoms with Crippen LogP contribution in [0.4, 0.5) is 8.63 Å². The van der Waals surface area contributed by atoms with Gasteiger partial charge in [-0.05, 0) is 134 Å². The lowest BCUT2D eigenvalue weighted by molar-refractivity contribution is 0.241. The van der Waals surface area contributed by atoms with Crippen LogP contribution in [0.2, 0.25) is 0 Å². The third kappa shape index (κ3) is 3.78.